The number of hydrogen-bond acceptors (Lipinski definition) is 5. The van der Waals surface area contributed by atoms with E-state index in [1.807, 2.05) is 18.2 Å². The Morgan fingerprint density at radius 3 is 2.72 bits per heavy atom. The lowest BCUT2D eigenvalue weighted by Gasteiger charge is -2.06. The summed E-state index contributed by atoms with van der Waals surface area (Å²) >= 11 is 3.36. The molecule has 0 radical (unpaired) electrons. The lowest BCUT2D eigenvalue weighted by molar-refractivity contribution is -0.121. The van der Waals surface area contributed by atoms with Crippen LogP contribution in [0.1, 0.15) is 41.6 Å². The van der Waals surface area contributed by atoms with E-state index in [2.05, 4.69) is 31.8 Å². The van der Waals surface area contributed by atoms with Crippen LogP contribution in [0.2, 0.25) is 0 Å². The van der Waals surface area contributed by atoms with E-state index in [1.54, 1.807) is 18.2 Å². The molecule has 0 saturated heterocycles. The Kier molecular flexibility index (Phi) is 9.17. The van der Waals surface area contributed by atoms with Crippen molar-refractivity contribution in [2.75, 3.05) is 13.7 Å². The van der Waals surface area contributed by atoms with Crippen molar-refractivity contribution < 1.29 is 19.4 Å². The third-order valence-corrected chi connectivity index (χ3v) is 4.78. The van der Waals surface area contributed by atoms with Gasteiger partial charge < -0.3 is 15.2 Å². The number of benzene rings is 2. The van der Waals surface area contributed by atoms with Crippen LogP contribution in [0.25, 0.3) is 0 Å². The highest BCUT2D eigenvalue weighted by molar-refractivity contribution is 9.10. The molecule has 0 bridgehead atoms. The van der Waals surface area contributed by atoms with Gasteiger partial charge in [-0.1, -0.05) is 18.6 Å². The molecule has 154 valence electrons. The van der Waals surface area contributed by atoms with Gasteiger partial charge in [-0.25, -0.2) is 5.43 Å². The van der Waals surface area contributed by atoms with Crippen molar-refractivity contribution in [3.63, 3.8) is 0 Å². The third-order valence-electron chi connectivity index (χ3n) is 4.09. The number of hydrogen-bond donors (Lipinski definition) is 3. The summed E-state index contributed by atoms with van der Waals surface area (Å²) in [6.07, 6.45) is 4.16. The molecule has 0 saturated carbocycles. The molecule has 2 amide bonds. The Morgan fingerprint density at radius 2 is 1.97 bits per heavy atom. The Labute approximate surface area is 178 Å². The molecule has 2 aromatic rings. The molecule has 0 fully saturated rings. The normalized spacial score (nSPS) is 10.7. The number of carbonyl (C=O) groups is 2. The summed E-state index contributed by atoms with van der Waals surface area (Å²) in [4.78, 5) is 23.9. The van der Waals surface area contributed by atoms with Crippen molar-refractivity contribution >= 4 is 34.0 Å². The van der Waals surface area contributed by atoms with Gasteiger partial charge in [0, 0.05) is 17.4 Å². The van der Waals surface area contributed by atoms with Crippen molar-refractivity contribution in [1.29, 1.82) is 0 Å². The van der Waals surface area contributed by atoms with Crippen LogP contribution in [0.4, 0.5) is 0 Å². The zero-order valence-electron chi connectivity index (χ0n) is 16.2. The molecule has 8 heteroatoms. The first-order valence-electron chi connectivity index (χ1n) is 9.23. The van der Waals surface area contributed by atoms with Gasteiger partial charge in [0.15, 0.2) is 11.5 Å². The van der Waals surface area contributed by atoms with Crippen molar-refractivity contribution in [2.24, 2.45) is 5.10 Å². The van der Waals surface area contributed by atoms with Gasteiger partial charge in [0.1, 0.15) is 0 Å². The molecule has 0 unspecified atom stereocenters. The topological polar surface area (TPSA) is 100 Å². The number of hydrazone groups is 1. The van der Waals surface area contributed by atoms with Crippen LogP contribution >= 0.6 is 15.9 Å². The number of rotatable bonds is 10. The van der Waals surface area contributed by atoms with E-state index >= 15 is 0 Å². The first kappa shape index (κ1) is 22.4. The summed E-state index contributed by atoms with van der Waals surface area (Å²) in [5.74, 6) is 0.0907. The van der Waals surface area contributed by atoms with E-state index in [0.717, 1.165) is 17.3 Å². The quantitative estimate of drug-likeness (QED) is 0.285. The monoisotopic (exact) mass is 461 g/mol. The number of aromatic hydroxyl groups is 1. The minimum absolute atomic E-state index is 0.0429. The maximum atomic E-state index is 12.1. The van der Waals surface area contributed by atoms with Gasteiger partial charge in [0.05, 0.1) is 18.9 Å². The summed E-state index contributed by atoms with van der Waals surface area (Å²) in [6, 6.07) is 12.0. The Balaban J connectivity index is 1.60. The second-order valence-corrected chi connectivity index (χ2v) is 7.13. The molecule has 0 spiro atoms. The number of ether oxygens (including phenoxy) is 1. The Morgan fingerprint density at radius 1 is 1.17 bits per heavy atom. The van der Waals surface area contributed by atoms with E-state index in [-0.39, 0.29) is 17.6 Å². The predicted molar refractivity (Wildman–Crippen MR) is 115 cm³/mol. The highest BCUT2D eigenvalue weighted by Gasteiger charge is 2.08. The van der Waals surface area contributed by atoms with E-state index in [0.29, 0.717) is 36.3 Å². The number of nitrogens with zero attached hydrogens (tertiary/aromatic N) is 1. The van der Waals surface area contributed by atoms with Crippen LogP contribution in [0.3, 0.4) is 0 Å². The maximum Gasteiger partial charge on any atom is 0.252 e. The fourth-order valence-corrected chi connectivity index (χ4v) is 3.00. The van der Waals surface area contributed by atoms with Gasteiger partial charge in [-0.05, 0) is 64.7 Å². The SMILES string of the molecule is COc1cc(/C=N/NC(=O)CCCCCNC(=O)c2ccccc2Br)ccc1O. The number of nitrogens with one attached hydrogen (secondary N) is 2. The fraction of sp³-hybridized carbons (Fsp3) is 0.286. The van der Waals surface area contributed by atoms with Gasteiger partial charge in [-0.2, -0.15) is 5.10 Å². The van der Waals surface area contributed by atoms with Gasteiger partial charge in [-0.3, -0.25) is 9.59 Å². The molecule has 29 heavy (non-hydrogen) atoms. The molecule has 7 nitrogen and oxygen atoms in total. The van der Waals surface area contributed by atoms with Gasteiger partial charge in [0.2, 0.25) is 5.91 Å². The molecule has 2 rings (SSSR count). The van der Waals surface area contributed by atoms with Crippen molar-refractivity contribution in [3.05, 3.63) is 58.1 Å². The number of phenolic OH excluding ortho intramolecular Hbond substituents is 1. The molecule has 0 aliphatic rings. The lowest BCUT2D eigenvalue weighted by atomic mass is 10.2. The number of methoxy groups -OCH3 is 1. The summed E-state index contributed by atoms with van der Waals surface area (Å²) in [5.41, 5.74) is 3.77. The highest BCUT2D eigenvalue weighted by atomic mass is 79.9. The third kappa shape index (κ3) is 7.57. The summed E-state index contributed by atoms with van der Waals surface area (Å²) in [5, 5.41) is 16.3. The summed E-state index contributed by atoms with van der Waals surface area (Å²) < 4.78 is 5.78. The van der Waals surface area contributed by atoms with Crippen LogP contribution in [-0.2, 0) is 4.79 Å². The molecule has 2 aromatic carbocycles. The molecular formula is C21H24BrN3O4. The predicted octanol–water partition coefficient (Wildman–Crippen LogP) is 3.60. The van der Waals surface area contributed by atoms with E-state index in [4.69, 9.17) is 4.74 Å². The molecule has 0 heterocycles. The highest BCUT2D eigenvalue weighted by Crippen LogP contribution is 2.25. The maximum absolute atomic E-state index is 12.1. The summed E-state index contributed by atoms with van der Waals surface area (Å²) in [7, 11) is 1.46. The van der Waals surface area contributed by atoms with E-state index < -0.39 is 0 Å². The summed E-state index contributed by atoms with van der Waals surface area (Å²) in [6.45, 7) is 0.558. The average Bonchev–Trinajstić information content (AvgIpc) is 2.72. The molecule has 0 aliphatic heterocycles. The minimum atomic E-state index is -0.177. The Bertz CT molecular complexity index is 871. The van der Waals surface area contributed by atoms with Crippen molar-refractivity contribution in [1.82, 2.24) is 10.7 Å². The van der Waals surface area contributed by atoms with Crippen molar-refractivity contribution in [3.8, 4) is 11.5 Å². The number of phenols is 1. The molecule has 0 aromatic heterocycles. The second-order valence-electron chi connectivity index (χ2n) is 6.27. The average molecular weight is 462 g/mol. The number of carbonyl (C=O) groups excluding carboxylic acids is 2. The smallest absolute Gasteiger partial charge is 0.252 e. The molecular weight excluding hydrogens is 438 g/mol. The second kappa shape index (κ2) is 11.9. The molecule has 0 aliphatic carbocycles. The number of amides is 2. The van der Waals surface area contributed by atoms with Gasteiger partial charge in [-0.15, -0.1) is 0 Å². The van der Waals surface area contributed by atoms with Gasteiger partial charge >= 0.3 is 0 Å². The van der Waals surface area contributed by atoms with E-state index in [9.17, 15) is 14.7 Å². The molecule has 3 N–H and O–H groups in total. The zero-order chi connectivity index (χ0) is 21.1. The number of unbranched alkanes of at least 4 members (excludes halogenated alkanes) is 2. The van der Waals surface area contributed by atoms with Crippen LogP contribution in [0.15, 0.2) is 52.0 Å². The van der Waals surface area contributed by atoms with E-state index in [1.165, 1.54) is 19.4 Å². The largest absolute Gasteiger partial charge is 0.504 e. The van der Waals surface area contributed by atoms with Crippen LogP contribution in [-0.4, -0.2) is 36.8 Å². The lowest BCUT2D eigenvalue weighted by Crippen LogP contribution is -2.24. The van der Waals surface area contributed by atoms with Gasteiger partial charge in [0.25, 0.3) is 5.91 Å². The molecule has 0 atom stereocenters. The standard InChI is InChI=1S/C21H24BrN3O4/c1-29-19-13-15(10-11-18(19)26)14-24-25-20(27)9-3-2-6-12-23-21(28)16-7-4-5-8-17(16)22/h4-5,7-8,10-11,13-14,26H,2-3,6,9,12H2,1H3,(H,23,28)(H,25,27)/b24-14+. The van der Waals surface area contributed by atoms with Crippen LogP contribution in [0.5, 0.6) is 11.5 Å². The van der Waals surface area contributed by atoms with Crippen LogP contribution < -0.4 is 15.5 Å². The fourth-order valence-electron chi connectivity index (χ4n) is 2.54. The number of halogens is 1. The van der Waals surface area contributed by atoms with Crippen molar-refractivity contribution in [2.45, 2.75) is 25.7 Å². The first-order chi connectivity index (χ1) is 14.0. The minimum Gasteiger partial charge on any atom is -0.504 e. The first-order valence-corrected chi connectivity index (χ1v) is 10.0. The Hall–Kier alpha value is -2.87. The zero-order valence-corrected chi connectivity index (χ0v) is 17.7. The van der Waals surface area contributed by atoms with Crippen LogP contribution in [0, 0.1) is 0 Å².